The predicted molar refractivity (Wildman–Crippen MR) is 134 cm³/mol. The minimum Gasteiger partial charge on any atom is -0.347 e. The van der Waals surface area contributed by atoms with E-state index >= 15 is 0 Å². The molecule has 3 heteroatoms. The maximum Gasteiger partial charge on any atom is 0.209 e. The van der Waals surface area contributed by atoms with E-state index in [0.29, 0.717) is 12.3 Å². The van der Waals surface area contributed by atoms with Crippen molar-refractivity contribution < 1.29 is 9.37 Å². The fourth-order valence-electron chi connectivity index (χ4n) is 5.30. The van der Waals surface area contributed by atoms with Crippen molar-refractivity contribution in [3.05, 3.63) is 83.6 Å². The number of anilines is 1. The first-order chi connectivity index (χ1) is 15.5. The third-order valence-electron chi connectivity index (χ3n) is 7.12. The van der Waals surface area contributed by atoms with Crippen molar-refractivity contribution in [2.24, 2.45) is 0 Å². The minimum atomic E-state index is -0.0371. The Kier molecular flexibility index (Phi) is 6.45. The highest BCUT2D eigenvalue weighted by molar-refractivity contribution is 6.03. The van der Waals surface area contributed by atoms with Gasteiger partial charge in [-0.3, -0.25) is 0 Å². The fraction of sp³-hybridized carbons (Fsp3) is 0.379. The highest BCUT2D eigenvalue weighted by Crippen LogP contribution is 2.42. The van der Waals surface area contributed by atoms with E-state index in [1.807, 2.05) is 0 Å². The fourth-order valence-corrected chi connectivity index (χ4v) is 5.30. The predicted octanol–water partition coefficient (Wildman–Crippen LogP) is 6.52. The van der Waals surface area contributed by atoms with Crippen molar-refractivity contribution >= 4 is 23.4 Å². The van der Waals surface area contributed by atoms with Crippen LogP contribution in [0.1, 0.15) is 63.5 Å². The second kappa shape index (κ2) is 9.28. The molecule has 2 aliphatic heterocycles. The largest absolute Gasteiger partial charge is 0.347 e. The minimum absolute atomic E-state index is 0.0371. The molecule has 32 heavy (non-hydrogen) atoms. The SMILES string of the molecule is CC1C(=CC=CC2=[N+](CCCCCC=O)c3ccccc3C2(C)C)N(C)c2ccccc21. The van der Waals surface area contributed by atoms with Crippen LogP contribution >= 0.6 is 0 Å². The van der Waals surface area contributed by atoms with E-state index in [0.717, 1.165) is 32.1 Å². The van der Waals surface area contributed by atoms with Gasteiger partial charge in [-0.05, 0) is 44.4 Å². The third-order valence-corrected chi connectivity index (χ3v) is 7.12. The quantitative estimate of drug-likeness (QED) is 0.272. The van der Waals surface area contributed by atoms with Crippen molar-refractivity contribution in [1.82, 2.24) is 0 Å². The molecule has 0 saturated carbocycles. The number of rotatable bonds is 8. The summed E-state index contributed by atoms with van der Waals surface area (Å²) in [5, 5.41) is 0. The Morgan fingerprint density at radius 3 is 2.56 bits per heavy atom. The average molecular weight is 428 g/mol. The number of hydrogen-bond acceptors (Lipinski definition) is 2. The van der Waals surface area contributed by atoms with Crippen molar-refractivity contribution in [2.45, 2.75) is 57.8 Å². The Labute approximate surface area is 192 Å². The van der Waals surface area contributed by atoms with E-state index in [1.165, 1.54) is 33.9 Å². The van der Waals surface area contributed by atoms with Gasteiger partial charge >= 0.3 is 0 Å². The molecule has 3 nitrogen and oxygen atoms in total. The van der Waals surface area contributed by atoms with Gasteiger partial charge < -0.3 is 9.69 Å². The molecule has 0 spiro atoms. The Morgan fingerprint density at radius 1 is 1.03 bits per heavy atom. The number of aldehydes is 1. The molecule has 0 aromatic heterocycles. The van der Waals surface area contributed by atoms with Gasteiger partial charge in [0.2, 0.25) is 5.69 Å². The Morgan fingerprint density at radius 2 is 1.78 bits per heavy atom. The monoisotopic (exact) mass is 427 g/mol. The van der Waals surface area contributed by atoms with E-state index < -0.39 is 0 Å². The van der Waals surface area contributed by atoms with Gasteiger partial charge in [-0.15, -0.1) is 0 Å². The second-order valence-corrected chi connectivity index (χ2v) is 9.49. The smallest absolute Gasteiger partial charge is 0.209 e. The molecule has 2 aliphatic rings. The topological polar surface area (TPSA) is 23.3 Å². The maximum absolute atomic E-state index is 10.6. The van der Waals surface area contributed by atoms with Crippen molar-refractivity contribution in [1.29, 1.82) is 0 Å². The first-order valence-corrected chi connectivity index (χ1v) is 11.9. The van der Waals surface area contributed by atoms with Crippen LogP contribution in [0.5, 0.6) is 0 Å². The number of benzene rings is 2. The zero-order valence-corrected chi connectivity index (χ0v) is 19.8. The van der Waals surface area contributed by atoms with Crippen molar-refractivity contribution in [3.63, 3.8) is 0 Å². The van der Waals surface area contributed by atoms with Gasteiger partial charge in [0.15, 0.2) is 5.71 Å². The van der Waals surface area contributed by atoms with Gasteiger partial charge in [-0.2, -0.15) is 4.58 Å². The summed E-state index contributed by atoms with van der Waals surface area (Å²) in [6.07, 6.45) is 11.7. The van der Waals surface area contributed by atoms with Crippen LogP contribution in [0.2, 0.25) is 0 Å². The highest BCUT2D eigenvalue weighted by Gasteiger charge is 2.43. The summed E-state index contributed by atoms with van der Waals surface area (Å²) >= 11 is 0. The number of unbranched alkanes of at least 4 members (excludes halogenated alkanes) is 3. The standard InChI is InChI=1S/C29H35N2O/c1-22-23-14-7-9-16-26(23)30(4)25(22)18-13-19-28-29(2,3)24-15-8-10-17-27(24)31(28)20-11-5-6-12-21-32/h7-10,13-19,21-22H,5-6,11-12,20H2,1-4H3/q+1. The lowest BCUT2D eigenvalue weighted by Crippen LogP contribution is -2.28. The van der Waals surface area contributed by atoms with E-state index in [-0.39, 0.29) is 5.41 Å². The summed E-state index contributed by atoms with van der Waals surface area (Å²) < 4.78 is 2.49. The van der Waals surface area contributed by atoms with E-state index in [1.54, 1.807) is 0 Å². The molecule has 2 aromatic rings. The molecule has 0 saturated heterocycles. The molecular formula is C29H35N2O+. The van der Waals surface area contributed by atoms with Crippen molar-refractivity contribution in [3.8, 4) is 0 Å². The molecule has 166 valence electrons. The van der Waals surface area contributed by atoms with E-state index in [2.05, 4.69) is 104 Å². The lowest BCUT2D eigenvalue weighted by atomic mass is 9.81. The number of fused-ring (bicyclic) bond motifs is 2. The van der Waals surface area contributed by atoms with E-state index in [9.17, 15) is 4.79 Å². The summed E-state index contributed by atoms with van der Waals surface area (Å²) in [6, 6.07) is 17.5. The van der Waals surface area contributed by atoms with Crippen LogP contribution in [0.3, 0.4) is 0 Å². The van der Waals surface area contributed by atoms with Crippen LogP contribution in [-0.2, 0) is 10.2 Å². The molecule has 0 amide bonds. The molecule has 2 aromatic carbocycles. The molecule has 0 fully saturated rings. The van der Waals surface area contributed by atoms with Crippen LogP contribution < -0.4 is 4.90 Å². The number of hydrogen-bond donors (Lipinski definition) is 0. The van der Waals surface area contributed by atoms with Gasteiger partial charge in [-0.25, -0.2) is 0 Å². The zero-order valence-electron chi connectivity index (χ0n) is 19.8. The van der Waals surface area contributed by atoms with Gasteiger partial charge in [0, 0.05) is 54.9 Å². The molecule has 2 heterocycles. The van der Waals surface area contributed by atoms with Gasteiger partial charge in [0.25, 0.3) is 0 Å². The number of carbonyl (C=O) groups excluding carboxylic acids is 1. The first kappa shape index (κ1) is 22.3. The average Bonchev–Trinajstić information content (AvgIpc) is 3.17. The molecule has 0 radical (unpaired) electrons. The van der Waals surface area contributed by atoms with Gasteiger partial charge in [0.1, 0.15) is 12.8 Å². The number of allylic oxidation sites excluding steroid dienone is 4. The summed E-state index contributed by atoms with van der Waals surface area (Å²) in [5.41, 5.74) is 8.04. The maximum atomic E-state index is 10.6. The van der Waals surface area contributed by atoms with Crippen LogP contribution in [0.15, 0.2) is 72.5 Å². The second-order valence-electron chi connectivity index (χ2n) is 9.49. The van der Waals surface area contributed by atoms with Gasteiger partial charge in [-0.1, -0.05) is 49.4 Å². The Bertz CT molecular complexity index is 1060. The summed E-state index contributed by atoms with van der Waals surface area (Å²) in [5.74, 6) is 0.397. The van der Waals surface area contributed by atoms with E-state index in [4.69, 9.17) is 0 Å². The summed E-state index contributed by atoms with van der Waals surface area (Å²) in [6.45, 7) is 7.92. The van der Waals surface area contributed by atoms with Gasteiger partial charge in [0.05, 0.1) is 5.41 Å². The number of carbonyl (C=O) groups is 1. The Balaban J connectivity index is 1.62. The Hall–Kier alpha value is -2.94. The lowest BCUT2D eigenvalue weighted by molar-refractivity contribution is -0.438. The highest BCUT2D eigenvalue weighted by atomic mass is 16.1. The van der Waals surface area contributed by atoms with Crippen LogP contribution in [-0.4, -0.2) is 30.2 Å². The molecule has 1 atom stereocenters. The molecule has 0 aliphatic carbocycles. The zero-order chi connectivity index (χ0) is 22.7. The lowest BCUT2D eigenvalue weighted by Gasteiger charge is -2.16. The molecule has 0 bridgehead atoms. The summed E-state index contributed by atoms with van der Waals surface area (Å²) in [4.78, 5) is 13.0. The normalized spacial score (nSPS) is 20.3. The van der Waals surface area contributed by atoms with Crippen LogP contribution in [0.4, 0.5) is 11.4 Å². The third kappa shape index (κ3) is 3.97. The first-order valence-electron chi connectivity index (χ1n) is 11.9. The van der Waals surface area contributed by atoms with Crippen LogP contribution in [0, 0.1) is 0 Å². The number of likely N-dealkylation sites (N-methyl/N-ethyl adjacent to an activating group) is 1. The molecular weight excluding hydrogens is 392 g/mol. The van der Waals surface area contributed by atoms with Crippen molar-refractivity contribution in [2.75, 3.05) is 18.5 Å². The molecule has 4 rings (SSSR count). The van der Waals surface area contributed by atoms with Crippen LogP contribution in [0.25, 0.3) is 0 Å². The number of para-hydroxylation sites is 2. The summed E-state index contributed by atoms with van der Waals surface area (Å²) in [7, 11) is 2.16. The molecule has 0 N–H and O–H groups in total. The molecule has 1 unspecified atom stereocenters. The number of nitrogens with zero attached hydrogens (tertiary/aromatic N) is 2.